The Morgan fingerprint density at radius 1 is 1.23 bits per heavy atom. The third-order valence-electron chi connectivity index (χ3n) is 2.26. The van der Waals surface area contributed by atoms with Gasteiger partial charge in [0.15, 0.2) is 11.5 Å². The first kappa shape index (κ1) is 7.21. The molecule has 0 unspecified atom stereocenters. The molecule has 0 spiro atoms. The minimum absolute atomic E-state index is 0.353. The smallest absolute Gasteiger partial charge is 0.231 e. The van der Waals surface area contributed by atoms with E-state index in [1.807, 2.05) is 0 Å². The van der Waals surface area contributed by atoms with Gasteiger partial charge < -0.3 is 9.47 Å². The number of aryl methyl sites for hydroxylation is 1. The van der Waals surface area contributed by atoms with E-state index in [1.54, 1.807) is 11.3 Å². The zero-order valence-electron chi connectivity index (χ0n) is 7.16. The largest absolute Gasteiger partial charge is 0.454 e. The van der Waals surface area contributed by atoms with Gasteiger partial charge in [0.25, 0.3) is 0 Å². The van der Waals surface area contributed by atoms with Crippen LogP contribution in [0.4, 0.5) is 0 Å². The van der Waals surface area contributed by atoms with Crippen molar-refractivity contribution in [3.05, 3.63) is 23.1 Å². The van der Waals surface area contributed by atoms with Gasteiger partial charge in [-0.15, -0.1) is 11.3 Å². The number of ether oxygens (including phenoxy) is 2. The van der Waals surface area contributed by atoms with Crippen LogP contribution in [0.3, 0.4) is 0 Å². The second kappa shape index (κ2) is 2.39. The normalized spacial score (nSPS) is 13.9. The van der Waals surface area contributed by atoms with Gasteiger partial charge >= 0.3 is 0 Å². The molecule has 1 aliphatic rings. The highest BCUT2D eigenvalue weighted by molar-refractivity contribution is 7.17. The first-order valence-corrected chi connectivity index (χ1v) is 5.00. The van der Waals surface area contributed by atoms with E-state index in [-0.39, 0.29) is 0 Å². The molecule has 2 heterocycles. The maximum absolute atomic E-state index is 5.31. The number of thiophene rings is 1. The molecule has 0 aliphatic carbocycles. The van der Waals surface area contributed by atoms with Crippen LogP contribution in [-0.2, 0) is 0 Å². The minimum atomic E-state index is 0.353. The predicted molar refractivity (Wildman–Crippen MR) is 52.7 cm³/mol. The van der Waals surface area contributed by atoms with Crippen LogP contribution >= 0.6 is 11.3 Å². The van der Waals surface area contributed by atoms with Gasteiger partial charge in [0.05, 0.1) is 0 Å². The topological polar surface area (TPSA) is 18.5 Å². The number of fused-ring (bicyclic) bond motifs is 2. The molecule has 3 rings (SSSR count). The van der Waals surface area contributed by atoms with Crippen molar-refractivity contribution in [1.29, 1.82) is 0 Å². The highest BCUT2D eigenvalue weighted by atomic mass is 32.1. The Bertz CT molecular complexity index is 473. The highest BCUT2D eigenvalue weighted by Crippen LogP contribution is 2.39. The third-order valence-corrected chi connectivity index (χ3v) is 3.33. The molecule has 66 valence electrons. The fourth-order valence-corrected chi connectivity index (χ4v) is 2.50. The second-order valence-corrected chi connectivity index (χ2v) is 4.03. The summed E-state index contributed by atoms with van der Waals surface area (Å²) in [6, 6.07) is 4.11. The van der Waals surface area contributed by atoms with Crippen LogP contribution in [0.1, 0.15) is 5.56 Å². The molecule has 1 aromatic carbocycles. The average Bonchev–Trinajstić information content (AvgIpc) is 2.70. The summed E-state index contributed by atoms with van der Waals surface area (Å²) in [7, 11) is 0. The van der Waals surface area contributed by atoms with Gasteiger partial charge in [0.2, 0.25) is 6.79 Å². The van der Waals surface area contributed by atoms with Crippen LogP contribution in [-0.4, -0.2) is 6.79 Å². The lowest BCUT2D eigenvalue weighted by molar-refractivity contribution is 0.174. The number of hydrogen-bond donors (Lipinski definition) is 0. The Morgan fingerprint density at radius 2 is 2.00 bits per heavy atom. The second-order valence-electron chi connectivity index (χ2n) is 3.12. The van der Waals surface area contributed by atoms with Gasteiger partial charge in [-0.25, -0.2) is 0 Å². The zero-order valence-corrected chi connectivity index (χ0v) is 7.98. The molecule has 0 atom stereocenters. The summed E-state index contributed by atoms with van der Waals surface area (Å²) in [5.41, 5.74) is 1.30. The van der Waals surface area contributed by atoms with E-state index in [0.717, 1.165) is 11.5 Å². The highest BCUT2D eigenvalue weighted by Gasteiger charge is 2.15. The van der Waals surface area contributed by atoms with E-state index in [4.69, 9.17) is 9.47 Å². The van der Waals surface area contributed by atoms with Crippen molar-refractivity contribution >= 4 is 21.4 Å². The van der Waals surface area contributed by atoms with Gasteiger partial charge in [-0.1, -0.05) is 0 Å². The van der Waals surface area contributed by atoms with Crippen molar-refractivity contribution < 1.29 is 9.47 Å². The van der Waals surface area contributed by atoms with Crippen molar-refractivity contribution in [3.8, 4) is 11.5 Å². The number of rotatable bonds is 0. The van der Waals surface area contributed by atoms with Crippen molar-refractivity contribution in [2.75, 3.05) is 6.79 Å². The molecule has 0 saturated carbocycles. The van der Waals surface area contributed by atoms with Crippen molar-refractivity contribution in [2.24, 2.45) is 0 Å². The Balaban J connectivity index is 2.38. The Kier molecular flexibility index (Phi) is 1.32. The third kappa shape index (κ3) is 0.937. The molecule has 0 N–H and O–H groups in total. The van der Waals surface area contributed by atoms with E-state index in [9.17, 15) is 0 Å². The summed E-state index contributed by atoms with van der Waals surface area (Å²) in [4.78, 5) is 0. The zero-order chi connectivity index (χ0) is 8.84. The molecule has 0 saturated heterocycles. The Morgan fingerprint density at radius 3 is 2.85 bits per heavy atom. The summed E-state index contributed by atoms with van der Waals surface area (Å²) >= 11 is 1.74. The molecule has 0 radical (unpaired) electrons. The van der Waals surface area contributed by atoms with Crippen LogP contribution in [0.5, 0.6) is 11.5 Å². The molecular weight excluding hydrogens is 184 g/mol. The van der Waals surface area contributed by atoms with E-state index in [0.29, 0.717) is 6.79 Å². The fourth-order valence-electron chi connectivity index (χ4n) is 1.54. The maximum Gasteiger partial charge on any atom is 0.231 e. The first-order chi connectivity index (χ1) is 6.34. The van der Waals surface area contributed by atoms with E-state index in [1.165, 1.54) is 15.6 Å². The van der Waals surface area contributed by atoms with Crippen LogP contribution in [0.2, 0.25) is 0 Å². The van der Waals surface area contributed by atoms with Crippen LogP contribution in [0.15, 0.2) is 17.5 Å². The van der Waals surface area contributed by atoms with E-state index in [2.05, 4.69) is 24.4 Å². The molecule has 1 aromatic heterocycles. The summed E-state index contributed by atoms with van der Waals surface area (Å²) in [5.74, 6) is 1.74. The monoisotopic (exact) mass is 192 g/mol. The molecule has 3 heteroatoms. The predicted octanol–water partition coefficient (Wildman–Crippen LogP) is 2.94. The molecule has 2 nitrogen and oxygen atoms in total. The van der Waals surface area contributed by atoms with E-state index < -0.39 is 0 Å². The van der Waals surface area contributed by atoms with Gasteiger partial charge in [-0.2, -0.15) is 0 Å². The lowest BCUT2D eigenvalue weighted by atomic mass is 10.2. The van der Waals surface area contributed by atoms with Crippen molar-refractivity contribution in [2.45, 2.75) is 6.92 Å². The summed E-state index contributed by atoms with van der Waals surface area (Å²) < 4.78 is 11.9. The van der Waals surface area contributed by atoms with Gasteiger partial charge in [0.1, 0.15) is 0 Å². The van der Waals surface area contributed by atoms with Crippen LogP contribution < -0.4 is 9.47 Å². The standard InChI is InChI=1S/C10H8O2S/c1-6-4-13-10-3-9-8(2-7(6)10)11-5-12-9/h2-4H,5H2,1H3. The first-order valence-electron chi connectivity index (χ1n) is 4.12. The minimum Gasteiger partial charge on any atom is -0.454 e. The number of hydrogen-bond acceptors (Lipinski definition) is 3. The number of benzene rings is 1. The lowest BCUT2D eigenvalue weighted by Gasteiger charge is -1.96. The summed E-state index contributed by atoms with van der Waals surface area (Å²) in [6.07, 6.45) is 0. The van der Waals surface area contributed by atoms with Crippen LogP contribution in [0, 0.1) is 6.92 Å². The van der Waals surface area contributed by atoms with Gasteiger partial charge in [0, 0.05) is 10.8 Å². The maximum atomic E-state index is 5.31. The molecule has 0 fully saturated rings. The summed E-state index contributed by atoms with van der Waals surface area (Å²) in [5, 5.41) is 3.43. The molecule has 0 bridgehead atoms. The molecule has 0 amide bonds. The van der Waals surface area contributed by atoms with Gasteiger partial charge in [-0.3, -0.25) is 0 Å². The molecule has 2 aromatic rings. The molecule has 13 heavy (non-hydrogen) atoms. The fraction of sp³-hybridized carbons (Fsp3) is 0.200. The van der Waals surface area contributed by atoms with Crippen molar-refractivity contribution in [1.82, 2.24) is 0 Å². The average molecular weight is 192 g/mol. The molecule has 1 aliphatic heterocycles. The van der Waals surface area contributed by atoms with Crippen molar-refractivity contribution in [3.63, 3.8) is 0 Å². The Labute approximate surface area is 79.7 Å². The van der Waals surface area contributed by atoms with E-state index >= 15 is 0 Å². The quantitative estimate of drug-likeness (QED) is 0.639. The molecular formula is C10H8O2S. The SMILES string of the molecule is Cc1csc2cc3c(cc12)OCO3. The van der Waals surface area contributed by atoms with Gasteiger partial charge in [-0.05, 0) is 29.3 Å². The lowest BCUT2D eigenvalue weighted by Crippen LogP contribution is -1.92. The van der Waals surface area contributed by atoms with Crippen LogP contribution in [0.25, 0.3) is 10.1 Å². The summed E-state index contributed by atoms with van der Waals surface area (Å²) in [6.45, 7) is 2.46. The Hall–Kier alpha value is -1.22.